The van der Waals surface area contributed by atoms with Gasteiger partial charge in [0.1, 0.15) is 12.4 Å². The molecular weight excluding hydrogens is 228 g/mol. The third-order valence-electron chi connectivity index (χ3n) is 2.57. The lowest BCUT2D eigenvalue weighted by atomic mass is 10.1. The van der Waals surface area contributed by atoms with Crippen LogP contribution < -0.4 is 9.67 Å². The molecule has 1 heterocycles. The number of imidazole rings is 1. The van der Waals surface area contributed by atoms with Crippen LogP contribution in [0.15, 0.2) is 18.7 Å². The van der Waals surface area contributed by atoms with Crippen LogP contribution >= 0.6 is 0 Å². The minimum absolute atomic E-state index is 0.226. The SMILES string of the molecule is CCCCCCCC(=O)[O-].CCC[n+]1cc[nH]c1. The minimum atomic E-state index is -0.920. The topological polar surface area (TPSA) is 59.8 Å². The zero-order valence-corrected chi connectivity index (χ0v) is 11.7. The van der Waals surface area contributed by atoms with E-state index in [9.17, 15) is 9.90 Å². The van der Waals surface area contributed by atoms with Crippen molar-refractivity contribution in [2.24, 2.45) is 0 Å². The van der Waals surface area contributed by atoms with E-state index in [1.807, 2.05) is 18.7 Å². The van der Waals surface area contributed by atoms with Crippen molar-refractivity contribution in [2.45, 2.75) is 65.3 Å². The van der Waals surface area contributed by atoms with E-state index in [4.69, 9.17) is 0 Å². The Bertz CT molecular complexity index is 284. The molecule has 0 atom stereocenters. The molecule has 104 valence electrons. The van der Waals surface area contributed by atoms with Crippen LogP contribution in [0.4, 0.5) is 0 Å². The largest absolute Gasteiger partial charge is 0.550 e. The summed E-state index contributed by atoms with van der Waals surface area (Å²) in [7, 11) is 0. The van der Waals surface area contributed by atoms with E-state index in [2.05, 4.69) is 23.4 Å². The van der Waals surface area contributed by atoms with Crippen LogP contribution in [0, 0.1) is 0 Å². The molecule has 0 aliphatic carbocycles. The number of carboxylic acids is 1. The first kappa shape index (κ1) is 16.7. The number of aromatic amines is 1. The molecule has 4 nitrogen and oxygen atoms in total. The summed E-state index contributed by atoms with van der Waals surface area (Å²) in [6.45, 7) is 5.42. The Kier molecular flexibility index (Phi) is 11.3. The van der Waals surface area contributed by atoms with Gasteiger partial charge < -0.3 is 9.90 Å². The second-order valence-corrected chi connectivity index (χ2v) is 4.39. The quantitative estimate of drug-likeness (QED) is 0.568. The maximum Gasteiger partial charge on any atom is 0.241 e. The highest BCUT2D eigenvalue weighted by Gasteiger charge is 1.90. The van der Waals surface area contributed by atoms with Gasteiger partial charge in [0.2, 0.25) is 6.33 Å². The van der Waals surface area contributed by atoms with Gasteiger partial charge in [-0.3, -0.25) is 4.98 Å². The summed E-state index contributed by atoms with van der Waals surface area (Å²) in [6.07, 6.45) is 12.7. The van der Waals surface area contributed by atoms with Crippen molar-refractivity contribution >= 4 is 5.97 Å². The van der Waals surface area contributed by atoms with E-state index < -0.39 is 5.97 Å². The van der Waals surface area contributed by atoms with E-state index in [0.717, 1.165) is 25.8 Å². The molecule has 0 aromatic carbocycles. The van der Waals surface area contributed by atoms with Crippen molar-refractivity contribution in [1.82, 2.24) is 4.98 Å². The summed E-state index contributed by atoms with van der Waals surface area (Å²) in [6, 6.07) is 0. The summed E-state index contributed by atoms with van der Waals surface area (Å²) < 4.78 is 2.12. The van der Waals surface area contributed by atoms with E-state index in [-0.39, 0.29) is 6.42 Å². The number of hydrogen-bond donors (Lipinski definition) is 1. The fraction of sp³-hybridized carbons (Fsp3) is 0.714. The van der Waals surface area contributed by atoms with E-state index in [1.165, 1.54) is 19.3 Å². The molecule has 0 amide bonds. The molecule has 0 bridgehead atoms. The number of H-pyrrole nitrogens is 1. The molecule has 18 heavy (non-hydrogen) atoms. The Balaban J connectivity index is 0.000000327. The Morgan fingerprint density at radius 2 is 1.89 bits per heavy atom. The molecule has 1 aromatic heterocycles. The van der Waals surface area contributed by atoms with Crippen LogP contribution in [0.3, 0.4) is 0 Å². The molecule has 0 radical (unpaired) electrons. The highest BCUT2D eigenvalue weighted by molar-refractivity contribution is 5.63. The number of unbranched alkanes of at least 4 members (excludes halogenated alkanes) is 4. The molecule has 0 spiro atoms. The number of rotatable bonds is 8. The first-order chi connectivity index (χ1) is 8.70. The summed E-state index contributed by atoms with van der Waals surface area (Å²) in [5.41, 5.74) is 0. The van der Waals surface area contributed by atoms with Gasteiger partial charge in [0, 0.05) is 5.97 Å². The molecule has 4 heteroatoms. The summed E-state index contributed by atoms with van der Waals surface area (Å²) in [5, 5.41) is 9.92. The summed E-state index contributed by atoms with van der Waals surface area (Å²) >= 11 is 0. The molecule has 1 aromatic rings. The zero-order valence-electron chi connectivity index (χ0n) is 11.7. The average Bonchev–Trinajstić information content (AvgIpc) is 2.83. The first-order valence-electron chi connectivity index (χ1n) is 6.92. The zero-order chi connectivity index (χ0) is 13.6. The highest BCUT2D eigenvalue weighted by Crippen LogP contribution is 2.03. The Labute approximate surface area is 110 Å². The van der Waals surface area contributed by atoms with Gasteiger partial charge in [0.05, 0.1) is 6.54 Å². The number of carbonyl (C=O) groups excluding carboxylic acids is 1. The standard InChI is InChI=1S/C8H16O2.C6H10N2/c1-2-3-4-5-6-7-8(9)10;1-2-4-8-5-3-7-6-8/h2-7H2,1H3,(H,9,10);3,5-6H,2,4H2,1H3. The van der Waals surface area contributed by atoms with Crippen LogP contribution in [0.1, 0.15) is 58.8 Å². The maximum absolute atomic E-state index is 9.92. The molecule has 0 unspecified atom stereocenters. The third-order valence-corrected chi connectivity index (χ3v) is 2.57. The Morgan fingerprint density at radius 1 is 1.17 bits per heavy atom. The van der Waals surface area contributed by atoms with Crippen molar-refractivity contribution < 1.29 is 14.5 Å². The van der Waals surface area contributed by atoms with Crippen molar-refractivity contribution in [3.8, 4) is 0 Å². The molecule has 0 aliphatic rings. The minimum Gasteiger partial charge on any atom is -0.550 e. The van der Waals surface area contributed by atoms with Gasteiger partial charge in [-0.2, -0.15) is 0 Å². The number of nitrogens with one attached hydrogen (secondary N) is 1. The number of carbonyl (C=O) groups is 1. The van der Waals surface area contributed by atoms with Crippen molar-refractivity contribution in [3.05, 3.63) is 18.7 Å². The third kappa shape index (κ3) is 11.2. The lowest BCUT2D eigenvalue weighted by molar-refractivity contribution is -0.695. The summed E-state index contributed by atoms with van der Waals surface area (Å²) in [4.78, 5) is 12.9. The van der Waals surface area contributed by atoms with Crippen molar-refractivity contribution in [3.63, 3.8) is 0 Å². The van der Waals surface area contributed by atoms with Crippen molar-refractivity contribution in [1.29, 1.82) is 0 Å². The van der Waals surface area contributed by atoms with Crippen molar-refractivity contribution in [2.75, 3.05) is 0 Å². The van der Waals surface area contributed by atoms with Gasteiger partial charge in [-0.15, -0.1) is 0 Å². The number of hydrogen-bond acceptors (Lipinski definition) is 2. The predicted octanol–water partition coefficient (Wildman–Crippen LogP) is 1.81. The number of aromatic nitrogens is 2. The Hall–Kier alpha value is -1.32. The van der Waals surface area contributed by atoms with Gasteiger partial charge in [0.25, 0.3) is 0 Å². The Morgan fingerprint density at radius 3 is 2.39 bits per heavy atom. The molecule has 0 fully saturated rings. The molecule has 0 saturated heterocycles. The number of nitrogens with zero attached hydrogens (tertiary/aromatic N) is 1. The van der Waals surface area contributed by atoms with Gasteiger partial charge in [0.15, 0.2) is 0 Å². The van der Waals surface area contributed by atoms with Gasteiger partial charge in [-0.05, 0) is 19.3 Å². The molecule has 1 N–H and O–H groups in total. The highest BCUT2D eigenvalue weighted by atomic mass is 16.4. The van der Waals surface area contributed by atoms with E-state index >= 15 is 0 Å². The fourth-order valence-electron chi connectivity index (χ4n) is 1.59. The number of carboxylic acid groups (broad SMARTS) is 1. The second kappa shape index (κ2) is 12.1. The van der Waals surface area contributed by atoms with Gasteiger partial charge in [-0.1, -0.05) is 39.5 Å². The number of aryl methyl sites for hydroxylation is 1. The average molecular weight is 254 g/mol. The second-order valence-electron chi connectivity index (χ2n) is 4.39. The predicted molar refractivity (Wildman–Crippen MR) is 69.7 cm³/mol. The van der Waals surface area contributed by atoms with Crippen LogP contribution in [0.5, 0.6) is 0 Å². The first-order valence-corrected chi connectivity index (χ1v) is 6.92. The molecule has 1 rings (SSSR count). The lowest BCUT2D eigenvalue weighted by Crippen LogP contribution is -2.29. The van der Waals surface area contributed by atoms with E-state index in [0.29, 0.717) is 0 Å². The van der Waals surface area contributed by atoms with Crippen LogP contribution in [-0.2, 0) is 11.3 Å². The smallest absolute Gasteiger partial charge is 0.241 e. The monoisotopic (exact) mass is 254 g/mol. The molecular formula is C14H26N2O2. The van der Waals surface area contributed by atoms with Crippen LogP contribution in [0.25, 0.3) is 0 Å². The van der Waals surface area contributed by atoms with E-state index in [1.54, 1.807) is 0 Å². The van der Waals surface area contributed by atoms with Gasteiger partial charge >= 0.3 is 0 Å². The normalized spacial score (nSPS) is 9.67. The number of aliphatic carboxylic acids is 1. The lowest BCUT2D eigenvalue weighted by Gasteiger charge is -2.00. The fourth-order valence-corrected chi connectivity index (χ4v) is 1.59. The maximum atomic E-state index is 9.92. The van der Waals surface area contributed by atoms with Crippen LogP contribution in [-0.4, -0.2) is 11.0 Å². The molecule has 0 aliphatic heterocycles. The van der Waals surface area contributed by atoms with Gasteiger partial charge in [-0.25, -0.2) is 4.57 Å². The molecule has 0 saturated carbocycles. The summed E-state index contributed by atoms with van der Waals surface area (Å²) in [5.74, 6) is -0.920. The van der Waals surface area contributed by atoms with Crippen LogP contribution in [0.2, 0.25) is 0 Å².